The van der Waals surface area contributed by atoms with Crippen molar-refractivity contribution in [1.29, 1.82) is 0 Å². The zero-order valence-electron chi connectivity index (χ0n) is 12.8. The number of aryl methyl sites for hydroxylation is 1. The van der Waals surface area contributed by atoms with Gasteiger partial charge in [0.05, 0.1) is 0 Å². The Bertz CT molecular complexity index is 726. The highest BCUT2D eigenvalue weighted by Gasteiger charge is 2.37. The third-order valence-electron chi connectivity index (χ3n) is 3.86. The van der Waals surface area contributed by atoms with Crippen molar-refractivity contribution in [2.75, 3.05) is 10.2 Å². The van der Waals surface area contributed by atoms with Crippen molar-refractivity contribution in [2.45, 2.75) is 25.8 Å². The third kappa shape index (κ3) is 3.45. The SMILES string of the molecule is Cc1cc(Br)cc(NC(=O)C2CCC(=O)N2c2ccccc2)c1. The highest BCUT2D eigenvalue weighted by atomic mass is 79.9. The summed E-state index contributed by atoms with van der Waals surface area (Å²) in [4.78, 5) is 26.4. The van der Waals surface area contributed by atoms with Gasteiger partial charge in [-0.05, 0) is 49.2 Å². The molecule has 1 aliphatic heterocycles. The van der Waals surface area contributed by atoms with E-state index in [9.17, 15) is 9.59 Å². The van der Waals surface area contributed by atoms with Crippen LogP contribution in [0.5, 0.6) is 0 Å². The van der Waals surface area contributed by atoms with Crippen LogP contribution < -0.4 is 10.2 Å². The van der Waals surface area contributed by atoms with Gasteiger partial charge < -0.3 is 5.32 Å². The number of carbonyl (C=O) groups is 2. The number of anilines is 2. The highest BCUT2D eigenvalue weighted by molar-refractivity contribution is 9.10. The Morgan fingerprint density at radius 1 is 1.22 bits per heavy atom. The van der Waals surface area contributed by atoms with Gasteiger partial charge in [0.1, 0.15) is 6.04 Å². The number of nitrogens with one attached hydrogen (secondary N) is 1. The van der Waals surface area contributed by atoms with E-state index in [2.05, 4.69) is 21.2 Å². The molecule has 3 rings (SSSR count). The first-order chi connectivity index (χ1) is 11.0. The molecule has 0 aromatic heterocycles. The minimum atomic E-state index is -0.468. The molecule has 1 atom stereocenters. The molecule has 4 nitrogen and oxygen atoms in total. The van der Waals surface area contributed by atoms with E-state index < -0.39 is 6.04 Å². The molecule has 0 radical (unpaired) electrons. The monoisotopic (exact) mass is 372 g/mol. The highest BCUT2D eigenvalue weighted by Crippen LogP contribution is 2.28. The lowest BCUT2D eigenvalue weighted by molar-refractivity contribution is -0.120. The number of nitrogens with zero attached hydrogens (tertiary/aromatic N) is 1. The number of benzene rings is 2. The fourth-order valence-electron chi connectivity index (χ4n) is 2.88. The molecule has 0 aliphatic carbocycles. The quantitative estimate of drug-likeness (QED) is 0.888. The Balaban J connectivity index is 1.82. The van der Waals surface area contributed by atoms with Crippen LogP contribution in [0.3, 0.4) is 0 Å². The summed E-state index contributed by atoms with van der Waals surface area (Å²) >= 11 is 3.43. The van der Waals surface area contributed by atoms with Crippen LogP contribution in [0.25, 0.3) is 0 Å². The van der Waals surface area contributed by atoms with Crippen LogP contribution in [0, 0.1) is 6.92 Å². The van der Waals surface area contributed by atoms with E-state index in [-0.39, 0.29) is 11.8 Å². The second kappa shape index (κ2) is 6.54. The smallest absolute Gasteiger partial charge is 0.247 e. The van der Waals surface area contributed by atoms with Gasteiger partial charge in [-0.25, -0.2) is 0 Å². The summed E-state index contributed by atoms with van der Waals surface area (Å²) in [6.45, 7) is 1.97. The van der Waals surface area contributed by atoms with E-state index in [4.69, 9.17) is 0 Å². The zero-order chi connectivity index (χ0) is 16.4. The molecule has 0 spiro atoms. The second-order valence-electron chi connectivity index (χ2n) is 5.66. The van der Waals surface area contributed by atoms with Crippen LogP contribution >= 0.6 is 15.9 Å². The molecular weight excluding hydrogens is 356 g/mol. The molecule has 2 amide bonds. The predicted molar refractivity (Wildman–Crippen MR) is 94.5 cm³/mol. The summed E-state index contributed by atoms with van der Waals surface area (Å²) in [5.74, 6) is -0.168. The summed E-state index contributed by atoms with van der Waals surface area (Å²) in [7, 11) is 0. The lowest BCUT2D eigenvalue weighted by atomic mass is 10.1. The lowest BCUT2D eigenvalue weighted by Gasteiger charge is -2.24. The molecule has 2 aromatic rings. The van der Waals surface area contributed by atoms with Gasteiger partial charge in [-0.3, -0.25) is 14.5 Å². The maximum Gasteiger partial charge on any atom is 0.247 e. The van der Waals surface area contributed by atoms with Crippen LogP contribution in [0.2, 0.25) is 0 Å². The molecule has 1 heterocycles. The standard InChI is InChI=1S/C18H17BrN2O2/c1-12-9-13(19)11-14(10-12)20-18(23)16-7-8-17(22)21(16)15-5-3-2-4-6-15/h2-6,9-11,16H,7-8H2,1H3,(H,20,23). The molecule has 5 heteroatoms. The number of hydrogen-bond donors (Lipinski definition) is 1. The summed E-state index contributed by atoms with van der Waals surface area (Å²) in [6.07, 6.45) is 0.928. The van der Waals surface area contributed by atoms with E-state index in [0.717, 1.165) is 21.4 Å². The molecule has 0 saturated carbocycles. The fraction of sp³-hybridized carbons (Fsp3) is 0.222. The minimum absolute atomic E-state index is 0.0122. The van der Waals surface area contributed by atoms with Gasteiger partial charge >= 0.3 is 0 Å². The number of hydrogen-bond acceptors (Lipinski definition) is 2. The Hall–Kier alpha value is -2.14. The number of rotatable bonds is 3. The van der Waals surface area contributed by atoms with Crippen molar-refractivity contribution in [3.8, 4) is 0 Å². The topological polar surface area (TPSA) is 49.4 Å². The second-order valence-corrected chi connectivity index (χ2v) is 6.58. The molecule has 118 valence electrons. The summed E-state index contributed by atoms with van der Waals surface area (Å²) in [5.41, 5.74) is 2.55. The van der Waals surface area contributed by atoms with Crippen molar-refractivity contribution in [2.24, 2.45) is 0 Å². The molecule has 23 heavy (non-hydrogen) atoms. The molecule has 1 N–H and O–H groups in total. The number of carbonyl (C=O) groups excluding carboxylic acids is 2. The van der Waals surface area contributed by atoms with Crippen LogP contribution in [0.1, 0.15) is 18.4 Å². The third-order valence-corrected chi connectivity index (χ3v) is 4.32. The maximum absolute atomic E-state index is 12.6. The fourth-order valence-corrected chi connectivity index (χ4v) is 3.49. The average Bonchev–Trinajstić information content (AvgIpc) is 2.89. The van der Waals surface area contributed by atoms with Gasteiger partial charge in [0, 0.05) is 22.3 Å². The largest absolute Gasteiger partial charge is 0.324 e. The molecule has 2 aromatic carbocycles. The van der Waals surface area contributed by atoms with Gasteiger partial charge in [0.25, 0.3) is 0 Å². The van der Waals surface area contributed by atoms with Crippen molar-refractivity contribution in [3.05, 3.63) is 58.6 Å². The molecular formula is C18H17BrN2O2. The Morgan fingerprint density at radius 2 is 1.96 bits per heavy atom. The number of halogens is 1. The van der Waals surface area contributed by atoms with E-state index in [0.29, 0.717) is 12.8 Å². The first-order valence-electron chi connectivity index (χ1n) is 7.50. The Labute approximate surface area is 143 Å². The van der Waals surface area contributed by atoms with Crippen LogP contribution in [-0.4, -0.2) is 17.9 Å². The lowest BCUT2D eigenvalue weighted by Crippen LogP contribution is -2.41. The predicted octanol–water partition coefficient (Wildman–Crippen LogP) is 3.89. The van der Waals surface area contributed by atoms with Crippen molar-refractivity contribution in [1.82, 2.24) is 0 Å². The molecule has 1 saturated heterocycles. The van der Waals surface area contributed by atoms with Crippen molar-refractivity contribution in [3.63, 3.8) is 0 Å². The number of para-hydroxylation sites is 1. The van der Waals surface area contributed by atoms with Crippen LogP contribution in [0.4, 0.5) is 11.4 Å². The maximum atomic E-state index is 12.6. The van der Waals surface area contributed by atoms with Gasteiger partial charge in [-0.15, -0.1) is 0 Å². The summed E-state index contributed by atoms with van der Waals surface area (Å²) < 4.78 is 0.912. The Morgan fingerprint density at radius 3 is 2.65 bits per heavy atom. The van der Waals surface area contributed by atoms with Gasteiger partial charge in [-0.2, -0.15) is 0 Å². The molecule has 1 unspecified atom stereocenters. The van der Waals surface area contributed by atoms with E-state index in [1.807, 2.05) is 55.5 Å². The van der Waals surface area contributed by atoms with Crippen molar-refractivity contribution >= 4 is 39.1 Å². The van der Waals surface area contributed by atoms with E-state index in [1.165, 1.54) is 0 Å². The summed E-state index contributed by atoms with van der Waals surface area (Å²) in [5, 5.41) is 2.92. The van der Waals surface area contributed by atoms with E-state index >= 15 is 0 Å². The van der Waals surface area contributed by atoms with Crippen molar-refractivity contribution < 1.29 is 9.59 Å². The van der Waals surface area contributed by atoms with Crippen LogP contribution in [0.15, 0.2) is 53.0 Å². The number of amides is 2. The first kappa shape index (κ1) is 15.7. The summed E-state index contributed by atoms with van der Waals surface area (Å²) in [6, 6.07) is 14.6. The van der Waals surface area contributed by atoms with Gasteiger partial charge in [-0.1, -0.05) is 34.1 Å². The Kier molecular flexibility index (Phi) is 4.48. The van der Waals surface area contributed by atoms with Gasteiger partial charge in [0.15, 0.2) is 0 Å². The van der Waals surface area contributed by atoms with Gasteiger partial charge in [0.2, 0.25) is 11.8 Å². The molecule has 1 fully saturated rings. The zero-order valence-corrected chi connectivity index (χ0v) is 14.3. The minimum Gasteiger partial charge on any atom is -0.324 e. The molecule has 0 bridgehead atoms. The normalized spacial score (nSPS) is 17.4. The molecule has 1 aliphatic rings. The van der Waals surface area contributed by atoms with E-state index in [1.54, 1.807) is 4.90 Å². The van der Waals surface area contributed by atoms with Crippen LogP contribution in [-0.2, 0) is 9.59 Å². The first-order valence-corrected chi connectivity index (χ1v) is 8.29. The average molecular weight is 373 g/mol.